The van der Waals surface area contributed by atoms with Gasteiger partial charge in [0.05, 0.1) is 6.04 Å². The lowest BCUT2D eigenvalue weighted by atomic mass is 10.1. The van der Waals surface area contributed by atoms with Crippen molar-refractivity contribution in [3.05, 3.63) is 71.9 Å². The summed E-state index contributed by atoms with van der Waals surface area (Å²) in [7, 11) is 0. The number of rotatable bonds is 3. The Hall–Kier alpha value is -3.19. The van der Waals surface area contributed by atoms with Gasteiger partial charge in [-0.1, -0.05) is 48.2 Å². The summed E-state index contributed by atoms with van der Waals surface area (Å²) >= 11 is 0. The summed E-state index contributed by atoms with van der Waals surface area (Å²) in [6, 6.07) is 19.5. The SMILES string of the molecule is CC(C)(C)OC(=O)NC(C#Cc1ccccc1)Cc1cc2ccccc2[nH]1. The molecule has 0 saturated heterocycles. The van der Waals surface area contributed by atoms with Crippen LogP contribution in [0.3, 0.4) is 0 Å². The summed E-state index contributed by atoms with van der Waals surface area (Å²) in [6.07, 6.45) is 0.0966. The van der Waals surface area contributed by atoms with Crippen LogP contribution in [0.4, 0.5) is 4.79 Å². The molecule has 1 aromatic heterocycles. The van der Waals surface area contributed by atoms with Crippen LogP contribution in [0.25, 0.3) is 10.9 Å². The van der Waals surface area contributed by atoms with Gasteiger partial charge in [0.2, 0.25) is 0 Å². The van der Waals surface area contributed by atoms with E-state index in [0.29, 0.717) is 6.42 Å². The summed E-state index contributed by atoms with van der Waals surface area (Å²) in [4.78, 5) is 15.6. The van der Waals surface area contributed by atoms with E-state index in [1.807, 2.05) is 69.3 Å². The molecular formula is C23H24N2O2. The van der Waals surface area contributed by atoms with E-state index in [2.05, 4.69) is 34.3 Å². The van der Waals surface area contributed by atoms with E-state index in [4.69, 9.17) is 4.74 Å². The van der Waals surface area contributed by atoms with E-state index in [0.717, 1.165) is 22.2 Å². The van der Waals surface area contributed by atoms with Gasteiger partial charge in [0.15, 0.2) is 0 Å². The van der Waals surface area contributed by atoms with Crippen LogP contribution in [0.2, 0.25) is 0 Å². The highest BCUT2D eigenvalue weighted by Crippen LogP contribution is 2.16. The normalized spacial score (nSPS) is 12.1. The molecule has 3 rings (SSSR count). The Kier molecular flexibility index (Phi) is 5.52. The van der Waals surface area contributed by atoms with Gasteiger partial charge in [-0.25, -0.2) is 4.79 Å². The molecule has 2 aromatic carbocycles. The highest BCUT2D eigenvalue weighted by atomic mass is 16.6. The van der Waals surface area contributed by atoms with Gasteiger partial charge in [0.1, 0.15) is 5.60 Å². The fourth-order valence-corrected chi connectivity index (χ4v) is 2.74. The quantitative estimate of drug-likeness (QED) is 0.668. The lowest BCUT2D eigenvalue weighted by Crippen LogP contribution is -2.39. The number of carbonyl (C=O) groups excluding carboxylic acids is 1. The second-order valence-corrected chi connectivity index (χ2v) is 7.42. The van der Waals surface area contributed by atoms with Gasteiger partial charge < -0.3 is 15.0 Å². The highest BCUT2D eigenvalue weighted by Gasteiger charge is 2.19. The van der Waals surface area contributed by atoms with Crippen LogP contribution < -0.4 is 5.32 Å². The number of hydrogen-bond acceptors (Lipinski definition) is 2. The number of hydrogen-bond donors (Lipinski definition) is 2. The Labute approximate surface area is 159 Å². The number of aromatic amines is 1. The molecular weight excluding hydrogens is 336 g/mol. The fraction of sp³-hybridized carbons (Fsp3) is 0.261. The first-order chi connectivity index (χ1) is 12.9. The lowest BCUT2D eigenvalue weighted by Gasteiger charge is -2.21. The summed E-state index contributed by atoms with van der Waals surface area (Å²) < 4.78 is 5.39. The van der Waals surface area contributed by atoms with Gasteiger partial charge in [-0.3, -0.25) is 0 Å². The van der Waals surface area contributed by atoms with Crippen LogP contribution in [-0.2, 0) is 11.2 Å². The van der Waals surface area contributed by atoms with Gasteiger partial charge >= 0.3 is 6.09 Å². The van der Waals surface area contributed by atoms with E-state index in [9.17, 15) is 4.79 Å². The first kappa shape index (κ1) is 18.6. The van der Waals surface area contributed by atoms with Crippen LogP contribution in [0.15, 0.2) is 60.7 Å². The number of amides is 1. The third-order valence-electron chi connectivity index (χ3n) is 3.87. The van der Waals surface area contributed by atoms with Gasteiger partial charge in [0.25, 0.3) is 0 Å². The summed E-state index contributed by atoms with van der Waals surface area (Å²) in [5, 5.41) is 4.02. The van der Waals surface area contributed by atoms with Crippen molar-refractivity contribution in [2.75, 3.05) is 0 Å². The van der Waals surface area contributed by atoms with E-state index in [1.165, 1.54) is 0 Å². The average Bonchev–Trinajstić information content (AvgIpc) is 3.01. The Morgan fingerprint density at radius 1 is 1.11 bits per heavy atom. The van der Waals surface area contributed by atoms with Crippen LogP contribution in [0, 0.1) is 11.8 Å². The molecule has 0 spiro atoms. The molecule has 27 heavy (non-hydrogen) atoms. The number of benzene rings is 2. The zero-order chi connectivity index (χ0) is 19.3. The van der Waals surface area contributed by atoms with Gasteiger partial charge in [-0.05, 0) is 50.4 Å². The Balaban J connectivity index is 1.80. The summed E-state index contributed by atoms with van der Waals surface area (Å²) in [6.45, 7) is 5.53. The van der Waals surface area contributed by atoms with E-state index in [1.54, 1.807) is 0 Å². The van der Waals surface area contributed by atoms with Crippen molar-refractivity contribution in [3.63, 3.8) is 0 Å². The maximum absolute atomic E-state index is 12.2. The molecule has 1 atom stereocenters. The van der Waals surface area contributed by atoms with Gasteiger partial charge in [-0.15, -0.1) is 0 Å². The summed E-state index contributed by atoms with van der Waals surface area (Å²) in [5.41, 5.74) is 2.44. The zero-order valence-electron chi connectivity index (χ0n) is 15.9. The van der Waals surface area contributed by atoms with Crippen molar-refractivity contribution in [1.82, 2.24) is 10.3 Å². The maximum Gasteiger partial charge on any atom is 0.408 e. The molecule has 0 aliphatic heterocycles. The molecule has 0 bridgehead atoms. The van der Waals surface area contributed by atoms with Gasteiger partial charge in [-0.2, -0.15) is 0 Å². The van der Waals surface area contributed by atoms with Crippen molar-refractivity contribution in [2.24, 2.45) is 0 Å². The molecule has 4 heteroatoms. The number of aromatic nitrogens is 1. The Morgan fingerprint density at radius 2 is 1.81 bits per heavy atom. The first-order valence-corrected chi connectivity index (χ1v) is 9.02. The molecule has 0 radical (unpaired) electrons. The first-order valence-electron chi connectivity index (χ1n) is 9.02. The standard InChI is InChI=1S/C23H24N2O2/c1-23(2,3)27-22(26)25-19(14-13-17-9-5-4-6-10-17)16-20-15-18-11-7-8-12-21(18)24-20/h4-12,15,19,24H,16H2,1-3H3,(H,25,26). The minimum absolute atomic E-state index is 0.367. The van der Waals surface area contributed by atoms with Crippen molar-refractivity contribution >= 4 is 17.0 Å². The van der Waals surface area contributed by atoms with E-state index >= 15 is 0 Å². The predicted octanol–water partition coefficient (Wildman–Crippen LogP) is 4.66. The third-order valence-corrected chi connectivity index (χ3v) is 3.87. The van der Waals surface area contributed by atoms with E-state index < -0.39 is 11.7 Å². The number of H-pyrrole nitrogens is 1. The summed E-state index contributed by atoms with van der Waals surface area (Å²) in [5.74, 6) is 6.30. The molecule has 1 heterocycles. The molecule has 0 fully saturated rings. The van der Waals surface area contributed by atoms with Crippen molar-refractivity contribution in [3.8, 4) is 11.8 Å². The molecule has 1 unspecified atom stereocenters. The number of para-hydroxylation sites is 1. The number of fused-ring (bicyclic) bond motifs is 1. The van der Waals surface area contributed by atoms with E-state index in [-0.39, 0.29) is 6.04 Å². The fourth-order valence-electron chi connectivity index (χ4n) is 2.74. The number of alkyl carbamates (subject to hydrolysis) is 1. The minimum Gasteiger partial charge on any atom is -0.444 e. The minimum atomic E-state index is -0.553. The van der Waals surface area contributed by atoms with Crippen molar-refractivity contribution in [1.29, 1.82) is 0 Å². The zero-order valence-corrected chi connectivity index (χ0v) is 15.9. The lowest BCUT2D eigenvalue weighted by molar-refractivity contribution is 0.0516. The second-order valence-electron chi connectivity index (χ2n) is 7.42. The number of nitrogens with one attached hydrogen (secondary N) is 2. The largest absolute Gasteiger partial charge is 0.444 e. The number of carbonyl (C=O) groups is 1. The Morgan fingerprint density at radius 3 is 2.52 bits per heavy atom. The molecule has 4 nitrogen and oxygen atoms in total. The van der Waals surface area contributed by atoms with Crippen LogP contribution in [-0.4, -0.2) is 22.7 Å². The van der Waals surface area contributed by atoms with Crippen molar-refractivity contribution in [2.45, 2.75) is 38.8 Å². The predicted molar refractivity (Wildman–Crippen MR) is 108 cm³/mol. The average molecular weight is 360 g/mol. The monoisotopic (exact) mass is 360 g/mol. The molecule has 0 aliphatic rings. The molecule has 3 aromatic rings. The van der Waals surface area contributed by atoms with Crippen molar-refractivity contribution < 1.29 is 9.53 Å². The molecule has 0 saturated carbocycles. The Bertz CT molecular complexity index is 939. The molecule has 1 amide bonds. The maximum atomic E-state index is 12.2. The molecule has 2 N–H and O–H groups in total. The molecule has 0 aliphatic carbocycles. The van der Waals surface area contributed by atoms with Crippen LogP contribution >= 0.6 is 0 Å². The third kappa shape index (κ3) is 5.65. The van der Waals surface area contributed by atoms with Crippen LogP contribution in [0.5, 0.6) is 0 Å². The molecule has 138 valence electrons. The topological polar surface area (TPSA) is 54.1 Å². The smallest absolute Gasteiger partial charge is 0.408 e. The number of ether oxygens (including phenoxy) is 1. The van der Waals surface area contributed by atoms with Crippen LogP contribution in [0.1, 0.15) is 32.0 Å². The van der Waals surface area contributed by atoms with Gasteiger partial charge in [0, 0.05) is 23.2 Å². The highest BCUT2D eigenvalue weighted by molar-refractivity contribution is 5.80. The second kappa shape index (κ2) is 8.01.